The molecule has 0 aliphatic carbocycles. The van der Waals surface area contributed by atoms with Crippen molar-refractivity contribution in [3.8, 4) is 0 Å². The van der Waals surface area contributed by atoms with Crippen LogP contribution in [-0.2, 0) is 6.54 Å². The average Bonchev–Trinajstić information content (AvgIpc) is 2.36. The summed E-state index contributed by atoms with van der Waals surface area (Å²) in [4.78, 5) is 2.48. The maximum absolute atomic E-state index is 6.22. The molecule has 1 saturated heterocycles. The standard InChI is InChI=1S/C15H23ClN2/c1-2-4-12-7-9-18(10-8-12)11-13-14(16)5-3-6-15(13)17/h3,5-6,12H,2,4,7-11,17H2,1H3. The summed E-state index contributed by atoms with van der Waals surface area (Å²) in [6.07, 6.45) is 5.32. The molecule has 0 amide bonds. The average molecular weight is 267 g/mol. The fourth-order valence-electron chi connectivity index (χ4n) is 2.81. The number of piperidine rings is 1. The van der Waals surface area contributed by atoms with Gasteiger partial charge in [-0.3, -0.25) is 4.90 Å². The fourth-order valence-corrected chi connectivity index (χ4v) is 3.05. The van der Waals surface area contributed by atoms with E-state index in [-0.39, 0.29) is 0 Å². The van der Waals surface area contributed by atoms with Gasteiger partial charge in [-0.2, -0.15) is 0 Å². The van der Waals surface area contributed by atoms with Crippen LogP contribution in [0.15, 0.2) is 18.2 Å². The summed E-state index contributed by atoms with van der Waals surface area (Å²) < 4.78 is 0. The molecule has 2 N–H and O–H groups in total. The van der Waals surface area contributed by atoms with Crippen molar-refractivity contribution in [2.45, 2.75) is 39.2 Å². The fraction of sp³-hybridized carbons (Fsp3) is 0.600. The van der Waals surface area contributed by atoms with Crippen molar-refractivity contribution in [3.05, 3.63) is 28.8 Å². The lowest BCUT2D eigenvalue weighted by Gasteiger charge is -2.32. The predicted molar refractivity (Wildman–Crippen MR) is 78.8 cm³/mol. The Labute approximate surface area is 115 Å². The Kier molecular flexibility index (Phi) is 4.90. The number of nitrogens with zero attached hydrogens (tertiary/aromatic N) is 1. The number of nitrogen functional groups attached to an aromatic ring is 1. The lowest BCUT2D eigenvalue weighted by molar-refractivity contribution is 0.172. The van der Waals surface area contributed by atoms with Gasteiger partial charge in [0.2, 0.25) is 0 Å². The number of benzene rings is 1. The third kappa shape index (κ3) is 3.39. The number of nitrogens with two attached hydrogens (primary N) is 1. The van der Waals surface area contributed by atoms with Crippen LogP contribution in [0.4, 0.5) is 5.69 Å². The van der Waals surface area contributed by atoms with Crippen molar-refractivity contribution in [2.24, 2.45) is 5.92 Å². The Balaban J connectivity index is 1.92. The lowest BCUT2D eigenvalue weighted by Crippen LogP contribution is -2.33. The molecular weight excluding hydrogens is 244 g/mol. The first-order valence-corrected chi connectivity index (χ1v) is 7.33. The molecule has 1 heterocycles. The Morgan fingerprint density at radius 1 is 1.33 bits per heavy atom. The van der Waals surface area contributed by atoms with E-state index in [1.807, 2.05) is 18.2 Å². The zero-order chi connectivity index (χ0) is 13.0. The van der Waals surface area contributed by atoms with Gasteiger partial charge in [0.15, 0.2) is 0 Å². The monoisotopic (exact) mass is 266 g/mol. The van der Waals surface area contributed by atoms with Crippen LogP contribution in [0, 0.1) is 5.92 Å². The first-order chi connectivity index (χ1) is 8.70. The Bertz CT molecular complexity index is 364. The minimum Gasteiger partial charge on any atom is -0.398 e. The van der Waals surface area contributed by atoms with Crippen LogP contribution in [0.5, 0.6) is 0 Å². The largest absolute Gasteiger partial charge is 0.398 e. The van der Waals surface area contributed by atoms with E-state index in [0.29, 0.717) is 0 Å². The molecule has 2 nitrogen and oxygen atoms in total. The highest BCUT2D eigenvalue weighted by atomic mass is 35.5. The Morgan fingerprint density at radius 2 is 2.06 bits per heavy atom. The molecule has 0 radical (unpaired) electrons. The SMILES string of the molecule is CCCC1CCN(Cc2c(N)cccc2Cl)CC1. The van der Waals surface area contributed by atoms with Crippen molar-refractivity contribution < 1.29 is 0 Å². The number of rotatable bonds is 4. The zero-order valence-electron chi connectivity index (χ0n) is 11.2. The highest BCUT2D eigenvalue weighted by molar-refractivity contribution is 6.31. The van der Waals surface area contributed by atoms with E-state index >= 15 is 0 Å². The third-order valence-electron chi connectivity index (χ3n) is 3.94. The molecule has 1 aliphatic rings. The van der Waals surface area contributed by atoms with Crippen LogP contribution in [0.25, 0.3) is 0 Å². The predicted octanol–water partition coefficient (Wildman–Crippen LogP) is 3.93. The van der Waals surface area contributed by atoms with E-state index in [9.17, 15) is 0 Å². The van der Waals surface area contributed by atoms with Crippen LogP contribution >= 0.6 is 11.6 Å². The van der Waals surface area contributed by atoms with Gasteiger partial charge in [-0.1, -0.05) is 37.4 Å². The quantitative estimate of drug-likeness (QED) is 0.837. The second kappa shape index (κ2) is 6.44. The molecular formula is C15H23ClN2. The minimum absolute atomic E-state index is 0.797. The second-order valence-electron chi connectivity index (χ2n) is 5.32. The smallest absolute Gasteiger partial charge is 0.0471 e. The summed E-state index contributed by atoms with van der Waals surface area (Å²) in [5.41, 5.74) is 7.91. The van der Waals surface area contributed by atoms with Gasteiger partial charge in [0.05, 0.1) is 0 Å². The van der Waals surface area contributed by atoms with Crippen LogP contribution in [0.3, 0.4) is 0 Å². The lowest BCUT2D eigenvalue weighted by atomic mass is 9.92. The van der Waals surface area contributed by atoms with Gasteiger partial charge >= 0.3 is 0 Å². The first-order valence-electron chi connectivity index (χ1n) is 6.96. The van der Waals surface area contributed by atoms with Crippen LogP contribution in [-0.4, -0.2) is 18.0 Å². The molecule has 0 saturated carbocycles. The molecule has 0 unspecified atom stereocenters. The second-order valence-corrected chi connectivity index (χ2v) is 5.72. The molecule has 0 atom stereocenters. The summed E-state index contributed by atoms with van der Waals surface area (Å²) in [5.74, 6) is 0.926. The van der Waals surface area contributed by atoms with E-state index in [1.54, 1.807) is 0 Å². The number of likely N-dealkylation sites (tertiary alicyclic amines) is 1. The van der Waals surface area contributed by atoms with E-state index in [2.05, 4.69) is 11.8 Å². The van der Waals surface area contributed by atoms with E-state index in [1.165, 1.54) is 38.8 Å². The first kappa shape index (κ1) is 13.7. The highest BCUT2D eigenvalue weighted by Gasteiger charge is 2.19. The molecule has 0 bridgehead atoms. The van der Waals surface area contributed by atoms with Crippen LogP contribution in [0.1, 0.15) is 38.2 Å². The van der Waals surface area contributed by atoms with Gasteiger partial charge in [-0.05, 0) is 44.0 Å². The molecule has 1 aliphatic heterocycles. The summed E-state index contributed by atoms with van der Waals surface area (Å²) in [6.45, 7) is 5.52. The zero-order valence-corrected chi connectivity index (χ0v) is 11.9. The van der Waals surface area contributed by atoms with Gasteiger partial charge in [-0.15, -0.1) is 0 Å². The maximum Gasteiger partial charge on any atom is 0.0471 e. The van der Waals surface area contributed by atoms with Gasteiger partial charge < -0.3 is 5.73 Å². The molecule has 1 fully saturated rings. The van der Waals surface area contributed by atoms with E-state index < -0.39 is 0 Å². The number of hydrogen-bond acceptors (Lipinski definition) is 2. The topological polar surface area (TPSA) is 29.3 Å². The molecule has 3 heteroatoms. The highest BCUT2D eigenvalue weighted by Crippen LogP contribution is 2.27. The third-order valence-corrected chi connectivity index (χ3v) is 4.29. The van der Waals surface area contributed by atoms with Crippen LogP contribution in [0.2, 0.25) is 5.02 Å². The van der Waals surface area contributed by atoms with E-state index in [4.69, 9.17) is 17.3 Å². The van der Waals surface area contributed by atoms with Crippen molar-refractivity contribution in [1.82, 2.24) is 4.90 Å². The normalized spacial score (nSPS) is 18.1. The summed E-state index contributed by atoms with van der Waals surface area (Å²) in [6, 6.07) is 5.77. The molecule has 1 aromatic rings. The number of anilines is 1. The summed E-state index contributed by atoms with van der Waals surface area (Å²) >= 11 is 6.22. The van der Waals surface area contributed by atoms with Crippen molar-refractivity contribution in [1.29, 1.82) is 0 Å². The van der Waals surface area contributed by atoms with Crippen LogP contribution < -0.4 is 5.73 Å². The summed E-state index contributed by atoms with van der Waals surface area (Å²) in [7, 11) is 0. The molecule has 1 aromatic carbocycles. The Morgan fingerprint density at radius 3 is 2.67 bits per heavy atom. The molecule has 2 rings (SSSR count). The van der Waals surface area contributed by atoms with Crippen molar-refractivity contribution in [2.75, 3.05) is 18.8 Å². The number of hydrogen-bond donors (Lipinski definition) is 1. The Hall–Kier alpha value is -0.730. The summed E-state index contributed by atoms with van der Waals surface area (Å²) in [5, 5.41) is 0.797. The van der Waals surface area contributed by atoms with Crippen molar-refractivity contribution in [3.63, 3.8) is 0 Å². The van der Waals surface area contributed by atoms with Gasteiger partial charge in [-0.25, -0.2) is 0 Å². The van der Waals surface area contributed by atoms with Gasteiger partial charge in [0, 0.05) is 22.8 Å². The van der Waals surface area contributed by atoms with Gasteiger partial charge in [0.25, 0.3) is 0 Å². The minimum atomic E-state index is 0.797. The molecule has 18 heavy (non-hydrogen) atoms. The maximum atomic E-state index is 6.22. The molecule has 0 spiro atoms. The van der Waals surface area contributed by atoms with Crippen molar-refractivity contribution >= 4 is 17.3 Å². The van der Waals surface area contributed by atoms with E-state index in [0.717, 1.165) is 28.7 Å². The molecule has 100 valence electrons. The van der Waals surface area contributed by atoms with Gasteiger partial charge in [0.1, 0.15) is 0 Å². The molecule has 0 aromatic heterocycles. The number of halogens is 1.